The first-order valence-electron chi connectivity index (χ1n) is 9.63. The number of hydrogen-bond donors (Lipinski definition) is 3. The maximum atomic E-state index is 11.5. The number of piperidine rings is 1. The molecule has 0 aliphatic carbocycles. The van der Waals surface area contributed by atoms with E-state index >= 15 is 0 Å². The molecule has 2 rings (SSSR count). The molecule has 0 spiro atoms. The Bertz CT molecular complexity index is 789. The van der Waals surface area contributed by atoms with E-state index in [2.05, 4.69) is 25.2 Å². The highest BCUT2D eigenvalue weighted by molar-refractivity contribution is 14.0. The minimum Gasteiger partial charge on any atom is -0.368 e. The van der Waals surface area contributed by atoms with Crippen molar-refractivity contribution in [1.29, 1.82) is 0 Å². The van der Waals surface area contributed by atoms with Gasteiger partial charge in [-0.1, -0.05) is 23.7 Å². The van der Waals surface area contributed by atoms with Crippen LogP contribution in [-0.2, 0) is 10.0 Å². The number of aliphatic imine (C=N–C) groups is 1. The number of benzene rings is 1. The van der Waals surface area contributed by atoms with Crippen molar-refractivity contribution in [1.82, 2.24) is 15.4 Å². The predicted molar refractivity (Wildman–Crippen MR) is 133 cm³/mol. The standard InChI is InChI=1S/C19H32ClN5O2S.HI/c1-5-21-18(22-14-19(2,3)24-28(4,26)27)23-15-9-8-12-25(13-15)17-11-7-6-10-16(17)20;/h6-7,10-11,15,24H,5,8-9,12-14H2,1-4H3,(H2,21,22,23);1H. The summed E-state index contributed by atoms with van der Waals surface area (Å²) in [5.74, 6) is 0.692. The fraction of sp³-hybridized carbons (Fsp3) is 0.632. The monoisotopic (exact) mass is 557 g/mol. The van der Waals surface area contributed by atoms with Gasteiger partial charge in [0.25, 0.3) is 0 Å². The number of para-hydroxylation sites is 1. The second-order valence-corrected chi connectivity index (χ2v) is 9.99. The SMILES string of the molecule is CCNC(=NCC(C)(C)NS(C)(=O)=O)NC1CCCN(c2ccccc2Cl)C1.I. The summed E-state index contributed by atoms with van der Waals surface area (Å²) in [4.78, 5) is 6.90. The van der Waals surface area contributed by atoms with Gasteiger partial charge >= 0.3 is 0 Å². The molecule has 29 heavy (non-hydrogen) atoms. The van der Waals surface area contributed by atoms with Gasteiger partial charge in [-0.25, -0.2) is 13.1 Å². The van der Waals surface area contributed by atoms with Crippen molar-refractivity contribution in [2.24, 2.45) is 4.99 Å². The number of nitrogens with zero attached hydrogens (tertiary/aromatic N) is 2. The summed E-state index contributed by atoms with van der Waals surface area (Å²) in [5, 5.41) is 7.50. The summed E-state index contributed by atoms with van der Waals surface area (Å²) in [6.45, 7) is 8.51. The molecule has 0 radical (unpaired) electrons. The van der Waals surface area contributed by atoms with Crippen molar-refractivity contribution in [2.75, 3.05) is 37.3 Å². The quantitative estimate of drug-likeness (QED) is 0.273. The van der Waals surface area contributed by atoms with Crippen LogP contribution >= 0.6 is 35.6 Å². The molecule has 0 saturated carbocycles. The van der Waals surface area contributed by atoms with Gasteiger partial charge in [-0.05, 0) is 45.7 Å². The molecular formula is C19H33ClIN5O2S. The lowest BCUT2D eigenvalue weighted by atomic mass is 10.0. The number of hydrogen-bond acceptors (Lipinski definition) is 4. The third-order valence-electron chi connectivity index (χ3n) is 4.39. The minimum absolute atomic E-state index is 0. The summed E-state index contributed by atoms with van der Waals surface area (Å²) in [6.07, 6.45) is 3.26. The Morgan fingerprint density at radius 1 is 1.34 bits per heavy atom. The van der Waals surface area contributed by atoms with Crippen molar-refractivity contribution in [3.8, 4) is 0 Å². The molecule has 3 N–H and O–H groups in total. The smallest absolute Gasteiger partial charge is 0.209 e. The van der Waals surface area contributed by atoms with E-state index < -0.39 is 15.6 Å². The second-order valence-electron chi connectivity index (χ2n) is 7.83. The summed E-state index contributed by atoms with van der Waals surface area (Å²) in [5.41, 5.74) is 0.391. The number of anilines is 1. The molecule has 1 atom stereocenters. The van der Waals surface area contributed by atoms with E-state index in [-0.39, 0.29) is 30.0 Å². The molecule has 1 heterocycles. The second kappa shape index (κ2) is 11.6. The topological polar surface area (TPSA) is 85.8 Å². The molecule has 10 heteroatoms. The molecule has 1 saturated heterocycles. The Labute approximate surface area is 197 Å². The molecule has 1 aliphatic rings. The number of sulfonamides is 1. The highest BCUT2D eigenvalue weighted by Gasteiger charge is 2.24. The van der Waals surface area contributed by atoms with Crippen LogP contribution in [0.5, 0.6) is 0 Å². The van der Waals surface area contributed by atoms with Crippen molar-refractivity contribution >= 4 is 57.2 Å². The Morgan fingerprint density at radius 3 is 2.66 bits per heavy atom. The molecule has 0 aromatic heterocycles. The zero-order chi connectivity index (χ0) is 20.8. The molecule has 1 aromatic carbocycles. The lowest BCUT2D eigenvalue weighted by Crippen LogP contribution is -2.52. The normalized spacial score (nSPS) is 18.2. The lowest BCUT2D eigenvalue weighted by Gasteiger charge is -2.36. The van der Waals surface area contributed by atoms with Gasteiger partial charge in [0, 0.05) is 31.2 Å². The van der Waals surface area contributed by atoms with E-state index in [0.29, 0.717) is 12.5 Å². The zero-order valence-electron chi connectivity index (χ0n) is 17.5. The van der Waals surface area contributed by atoms with Gasteiger partial charge in [-0.3, -0.25) is 4.99 Å². The van der Waals surface area contributed by atoms with Gasteiger partial charge in [-0.15, -0.1) is 24.0 Å². The van der Waals surface area contributed by atoms with Gasteiger partial charge in [0.15, 0.2) is 5.96 Å². The first-order valence-corrected chi connectivity index (χ1v) is 11.9. The van der Waals surface area contributed by atoms with Crippen molar-refractivity contribution in [2.45, 2.75) is 45.2 Å². The molecule has 0 bridgehead atoms. The third kappa shape index (κ3) is 9.27. The van der Waals surface area contributed by atoms with Crippen LogP contribution in [0.1, 0.15) is 33.6 Å². The Balaban J connectivity index is 0.00000420. The Morgan fingerprint density at radius 2 is 2.03 bits per heavy atom. The Kier molecular flexibility index (Phi) is 10.5. The van der Waals surface area contributed by atoms with Crippen LogP contribution in [0.3, 0.4) is 0 Å². The summed E-state index contributed by atoms with van der Waals surface area (Å²) in [6, 6.07) is 8.13. The number of rotatable bonds is 7. The number of halogens is 2. The predicted octanol–water partition coefficient (Wildman–Crippen LogP) is 2.81. The van der Waals surface area contributed by atoms with E-state index in [1.807, 2.05) is 45.0 Å². The zero-order valence-corrected chi connectivity index (χ0v) is 21.4. The van der Waals surface area contributed by atoms with E-state index in [9.17, 15) is 8.42 Å². The molecule has 1 unspecified atom stereocenters. The van der Waals surface area contributed by atoms with Gasteiger partial charge < -0.3 is 15.5 Å². The van der Waals surface area contributed by atoms with E-state index in [1.165, 1.54) is 0 Å². The molecule has 1 fully saturated rings. The molecule has 1 aromatic rings. The molecule has 7 nitrogen and oxygen atoms in total. The van der Waals surface area contributed by atoms with E-state index in [1.54, 1.807) is 0 Å². The fourth-order valence-corrected chi connectivity index (χ4v) is 4.67. The maximum absolute atomic E-state index is 11.5. The van der Waals surface area contributed by atoms with Gasteiger partial charge in [0.1, 0.15) is 0 Å². The summed E-state index contributed by atoms with van der Waals surface area (Å²) >= 11 is 6.36. The van der Waals surface area contributed by atoms with Crippen LogP contribution in [-0.4, -0.2) is 58.4 Å². The highest BCUT2D eigenvalue weighted by atomic mass is 127. The Hall–Kier alpha value is -0.780. The van der Waals surface area contributed by atoms with Crippen LogP contribution in [0.2, 0.25) is 5.02 Å². The lowest BCUT2D eigenvalue weighted by molar-refractivity contribution is 0.454. The third-order valence-corrected chi connectivity index (χ3v) is 5.64. The summed E-state index contributed by atoms with van der Waals surface area (Å²) < 4.78 is 25.7. The molecule has 1 aliphatic heterocycles. The average molecular weight is 558 g/mol. The number of nitrogens with one attached hydrogen (secondary N) is 3. The fourth-order valence-electron chi connectivity index (χ4n) is 3.35. The molecule has 166 valence electrons. The average Bonchev–Trinajstić information content (AvgIpc) is 2.59. The van der Waals surface area contributed by atoms with Gasteiger partial charge in [-0.2, -0.15) is 0 Å². The molecular weight excluding hydrogens is 525 g/mol. The maximum Gasteiger partial charge on any atom is 0.209 e. The summed E-state index contributed by atoms with van der Waals surface area (Å²) in [7, 11) is -3.29. The highest BCUT2D eigenvalue weighted by Crippen LogP contribution is 2.27. The largest absolute Gasteiger partial charge is 0.368 e. The van der Waals surface area contributed by atoms with Crippen molar-refractivity contribution in [3.05, 3.63) is 29.3 Å². The van der Waals surface area contributed by atoms with Crippen molar-refractivity contribution < 1.29 is 8.42 Å². The van der Waals surface area contributed by atoms with Gasteiger partial charge in [0.2, 0.25) is 10.0 Å². The first kappa shape index (κ1) is 26.3. The van der Waals surface area contributed by atoms with E-state index in [0.717, 1.165) is 49.4 Å². The van der Waals surface area contributed by atoms with Crippen LogP contribution in [0.15, 0.2) is 29.3 Å². The van der Waals surface area contributed by atoms with Crippen LogP contribution in [0, 0.1) is 0 Å². The van der Waals surface area contributed by atoms with Crippen molar-refractivity contribution in [3.63, 3.8) is 0 Å². The minimum atomic E-state index is -3.29. The van der Waals surface area contributed by atoms with Gasteiger partial charge in [0.05, 0.1) is 23.5 Å². The number of guanidine groups is 1. The van der Waals surface area contributed by atoms with Crippen LogP contribution in [0.4, 0.5) is 5.69 Å². The van der Waals surface area contributed by atoms with Crippen LogP contribution in [0.25, 0.3) is 0 Å². The first-order chi connectivity index (χ1) is 13.1. The van der Waals surface area contributed by atoms with E-state index in [4.69, 9.17) is 11.6 Å². The molecule has 0 amide bonds. The van der Waals surface area contributed by atoms with Crippen LogP contribution < -0.4 is 20.3 Å².